The highest BCUT2D eigenvalue weighted by atomic mass is 14.6. The van der Waals surface area contributed by atoms with Gasteiger partial charge in [0.2, 0.25) is 0 Å². The van der Waals surface area contributed by atoms with Gasteiger partial charge in [0.15, 0.2) is 0 Å². The van der Waals surface area contributed by atoms with Crippen molar-refractivity contribution in [2.24, 2.45) is 17.8 Å². The van der Waals surface area contributed by atoms with E-state index in [1.807, 2.05) is 0 Å². The Labute approximate surface area is 221 Å². The molecule has 0 atom stereocenters. The van der Waals surface area contributed by atoms with Crippen LogP contribution in [-0.2, 0) is 6.42 Å². The summed E-state index contributed by atoms with van der Waals surface area (Å²) in [6, 6.07) is 15.0. The van der Waals surface area contributed by atoms with Gasteiger partial charge in [-0.1, -0.05) is 114 Å². The molecule has 0 radical (unpaired) electrons. The van der Waals surface area contributed by atoms with Gasteiger partial charge in [-0.2, -0.15) is 0 Å². The molecule has 0 amide bonds. The number of nitrogen functional groups attached to an aromatic ring is 2. The molecule has 2 aromatic carbocycles. The predicted molar refractivity (Wildman–Crippen MR) is 157 cm³/mol. The van der Waals surface area contributed by atoms with Crippen LogP contribution in [-0.4, -0.2) is 0 Å². The average Bonchev–Trinajstić information content (AvgIpc) is 2.91. The van der Waals surface area contributed by atoms with Crippen molar-refractivity contribution in [3.8, 4) is 0 Å². The van der Waals surface area contributed by atoms with E-state index in [1.165, 1.54) is 114 Å². The number of benzene rings is 2. The average molecular weight is 489 g/mol. The van der Waals surface area contributed by atoms with E-state index >= 15 is 0 Å². The number of hydrogen-bond acceptors (Lipinski definition) is 2. The van der Waals surface area contributed by atoms with Crippen LogP contribution in [0.4, 0.5) is 11.4 Å². The molecule has 2 aromatic rings. The topological polar surface area (TPSA) is 52.0 Å². The summed E-state index contributed by atoms with van der Waals surface area (Å²) in [5.41, 5.74) is 18.5. The lowest BCUT2D eigenvalue weighted by atomic mass is 9.73. The van der Waals surface area contributed by atoms with Gasteiger partial charge in [0, 0.05) is 23.4 Å². The summed E-state index contributed by atoms with van der Waals surface area (Å²) in [7, 11) is 0. The van der Waals surface area contributed by atoms with Crippen molar-refractivity contribution >= 4 is 11.4 Å². The Hall–Kier alpha value is -1.96. The third-order valence-electron chi connectivity index (χ3n) is 9.55. The Morgan fingerprint density at radius 1 is 0.639 bits per heavy atom. The Morgan fingerprint density at radius 2 is 1.17 bits per heavy atom. The van der Waals surface area contributed by atoms with E-state index in [0.717, 1.165) is 41.1 Å². The van der Waals surface area contributed by atoms with E-state index < -0.39 is 0 Å². The van der Waals surface area contributed by atoms with Crippen molar-refractivity contribution in [1.29, 1.82) is 0 Å². The minimum Gasteiger partial charge on any atom is -0.398 e. The second kappa shape index (κ2) is 14.1. The van der Waals surface area contributed by atoms with Crippen LogP contribution in [0.1, 0.15) is 132 Å². The number of nitrogens with two attached hydrogens (primary N) is 2. The zero-order valence-corrected chi connectivity index (χ0v) is 23.0. The lowest BCUT2D eigenvalue weighted by Gasteiger charge is -2.32. The van der Waals surface area contributed by atoms with Crippen LogP contribution < -0.4 is 11.5 Å². The Balaban J connectivity index is 1.16. The molecule has 36 heavy (non-hydrogen) atoms. The van der Waals surface area contributed by atoms with Gasteiger partial charge in [-0.15, -0.1) is 0 Å². The summed E-state index contributed by atoms with van der Waals surface area (Å²) >= 11 is 0. The highest BCUT2D eigenvalue weighted by Crippen LogP contribution is 2.41. The van der Waals surface area contributed by atoms with Crippen LogP contribution in [0.2, 0.25) is 0 Å². The molecule has 2 fully saturated rings. The third-order valence-corrected chi connectivity index (χ3v) is 9.55. The SMILES string of the molecule is CCCCCCCC1CCC(CCC2CCC(c3cc(N)c(Cc4ccccc4)c(N)c3)CC2)CC1. The largest absolute Gasteiger partial charge is 0.398 e. The molecule has 2 aliphatic carbocycles. The Morgan fingerprint density at radius 3 is 1.75 bits per heavy atom. The maximum absolute atomic E-state index is 6.51. The summed E-state index contributed by atoms with van der Waals surface area (Å²) in [6.45, 7) is 2.31. The quantitative estimate of drug-likeness (QED) is 0.231. The van der Waals surface area contributed by atoms with Gasteiger partial charge in [0.05, 0.1) is 0 Å². The first kappa shape index (κ1) is 27.1. The van der Waals surface area contributed by atoms with Crippen LogP contribution in [0.5, 0.6) is 0 Å². The lowest BCUT2D eigenvalue weighted by molar-refractivity contribution is 0.222. The fourth-order valence-corrected chi connectivity index (χ4v) is 7.08. The first-order chi connectivity index (χ1) is 17.6. The number of anilines is 2. The highest BCUT2D eigenvalue weighted by molar-refractivity contribution is 5.65. The molecule has 2 aliphatic rings. The van der Waals surface area contributed by atoms with E-state index in [4.69, 9.17) is 11.5 Å². The van der Waals surface area contributed by atoms with Crippen molar-refractivity contribution in [2.45, 2.75) is 122 Å². The molecule has 0 aromatic heterocycles. The van der Waals surface area contributed by atoms with Crippen molar-refractivity contribution in [1.82, 2.24) is 0 Å². The molecule has 4 N–H and O–H groups in total. The maximum atomic E-state index is 6.51. The van der Waals surface area contributed by atoms with Gasteiger partial charge >= 0.3 is 0 Å². The minimum atomic E-state index is 0.629. The van der Waals surface area contributed by atoms with Gasteiger partial charge < -0.3 is 11.5 Å². The van der Waals surface area contributed by atoms with Crippen LogP contribution in [0.3, 0.4) is 0 Å². The van der Waals surface area contributed by atoms with Crippen molar-refractivity contribution in [3.63, 3.8) is 0 Å². The van der Waals surface area contributed by atoms with E-state index in [1.54, 1.807) is 0 Å². The van der Waals surface area contributed by atoms with E-state index in [9.17, 15) is 0 Å². The monoisotopic (exact) mass is 488 g/mol. The van der Waals surface area contributed by atoms with Crippen LogP contribution in [0, 0.1) is 17.8 Å². The van der Waals surface area contributed by atoms with E-state index in [0.29, 0.717) is 5.92 Å². The molecule has 2 saturated carbocycles. The first-order valence-electron chi connectivity index (χ1n) is 15.3. The number of hydrogen-bond donors (Lipinski definition) is 2. The van der Waals surface area contributed by atoms with Crippen molar-refractivity contribution in [3.05, 3.63) is 59.2 Å². The van der Waals surface area contributed by atoms with Crippen molar-refractivity contribution < 1.29 is 0 Å². The Kier molecular flexibility index (Phi) is 10.6. The molecule has 0 saturated heterocycles. The second-order valence-electron chi connectivity index (χ2n) is 12.2. The number of unbranched alkanes of at least 4 members (excludes halogenated alkanes) is 4. The molecule has 2 nitrogen and oxygen atoms in total. The fourth-order valence-electron chi connectivity index (χ4n) is 7.08. The summed E-state index contributed by atoms with van der Waals surface area (Å²) in [6.07, 6.45) is 23.8. The Bertz CT molecular complexity index is 866. The van der Waals surface area contributed by atoms with Gasteiger partial charge in [-0.05, 0) is 72.6 Å². The molecule has 198 valence electrons. The fraction of sp³-hybridized carbons (Fsp3) is 0.647. The van der Waals surface area contributed by atoms with Gasteiger partial charge in [0.1, 0.15) is 0 Å². The van der Waals surface area contributed by atoms with Crippen LogP contribution >= 0.6 is 0 Å². The summed E-state index contributed by atoms with van der Waals surface area (Å²) in [4.78, 5) is 0. The maximum Gasteiger partial charge on any atom is 0.0373 e. The summed E-state index contributed by atoms with van der Waals surface area (Å²) in [5, 5.41) is 0. The highest BCUT2D eigenvalue weighted by Gasteiger charge is 2.26. The van der Waals surface area contributed by atoms with Crippen molar-refractivity contribution in [2.75, 3.05) is 11.5 Å². The van der Waals surface area contributed by atoms with Crippen LogP contribution in [0.15, 0.2) is 42.5 Å². The molecule has 0 bridgehead atoms. The zero-order valence-electron chi connectivity index (χ0n) is 23.0. The second-order valence-corrected chi connectivity index (χ2v) is 12.2. The molecular formula is C34H52N2. The number of rotatable bonds is 12. The zero-order chi connectivity index (χ0) is 25.2. The van der Waals surface area contributed by atoms with Gasteiger partial charge in [-0.25, -0.2) is 0 Å². The normalized spacial score (nSPS) is 24.6. The smallest absolute Gasteiger partial charge is 0.0373 e. The molecule has 0 heterocycles. The van der Waals surface area contributed by atoms with E-state index in [2.05, 4.69) is 49.4 Å². The molecule has 2 heteroatoms. The molecular weight excluding hydrogens is 436 g/mol. The molecule has 0 aliphatic heterocycles. The molecule has 0 spiro atoms. The first-order valence-corrected chi connectivity index (χ1v) is 15.3. The van der Waals surface area contributed by atoms with Crippen LogP contribution in [0.25, 0.3) is 0 Å². The third kappa shape index (κ3) is 8.02. The predicted octanol–water partition coefficient (Wildman–Crippen LogP) is 9.66. The summed E-state index contributed by atoms with van der Waals surface area (Å²) in [5.74, 6) is 3.61. The van der Waals surface area contributed by atoms with Gasteiger partial charge in [-0.3, -0.25) is 0 Å². The van der Waals surface area contributed by atoms with Gasteiger partial charge in [0.25, 0.3) is 0 Å². The molecule has 0 unspecified atom stereocenters. The minimum absolute atomic E-state index is 0.629. The lowest BCUT2D eigenvalue weighted by Crippen LogP contribution is -2.18. The standard InChI is InChI=1S/C34H52N2/c1-2-3-4-5-7-10-26-13-15-27(16-14-26)17-18-28-19-21-30(22-20-28)31-24-33(35)32(34(36)25-31)23-29-11-8-6-9-12-29/h6,8-9,11-12,24-28,30H,2-5,7,10,13-23,35-36H2,1H3. The van der Waals surface area contributed by atoms with E-state index in [-0.39, 0.29) is 0 Å². The molecule has 4 rings (SSSR count). The summed E-state index contributed by atoms with van der Waals surface area (Å²) < 4.78 is 0.